The fraction of sp³-hybridized carbons (Fsp3) is 0.500. The number of hydrogen-bond acceptors (Lipinski definition) is 6. The lowest BCUT2D eigenvalue weighted by molar-refractivity contribution is 0.352. The van der Waals surface area contributed by atoms with Gasteiger partial charge >= 0.3 is 5.22 Å². The summed E-state index contributed by atoms with van der Waals surface area (Å²) in [5, 5.41) is 7.11. The van der Waals surface area contributed by atoms with Gasteiger partial charge in [-0.15, -0.1) is 5.10 Å². The first-order valence-corrected chi connectivity index (χ1v) is 9.22. The molecule has 0 spiro atoms. The van der Waals surface area contributed by atoms with E-state index in [-0.39, 0.29) is 16.9 Å². The second-order valence-corrected chi connectivity index (χ2v) is 8.20. The average Bonchev–Trinajstić information content (AvgIpc) is 2.92. The third kappa shape index (κ3) is 4.39. The van der Waals surface area contributed by atoms with Gasteiger partial charge in [0.1, 0.15) is 0 Å². The minimum Gasteiger partial charge on any atom is -0.411 e. The highest BCUT2D eigenvalue weighted by Crippen LogP contribution is 2.22. The monoisotopic (exact) mass is 337 g/mol. The molecule has 6 nitrogen and oxygen atoms in total. The van der Waals surface area contributed by atoms with E-state index in [9.17, 15) is 8.42 Å². The number of hydrogen-bond donors (Lipinski definition) is 1. The summed E-state index contributed by atoms with van der Waals surface area (Å²) in [6.07, 6.45) is 0.651. The summed E-state index contributed by atoms with van der Waals surface area (Å²) in [4.78, 5) is 0. The minimum atomic E-state index is -3.69. The van der Waals surface area contributed by atoms with Gasteiger partial charge in [0.2, 0.25) is 15.7 Å². The molecule has 0 radical (unpaired) electrons. The lowest BCUT2D eigenvalue weighted by atomic mass is 10.1. The predicted octanol–water partition coefficient (Wildman–Crippen LogP) is 2.71. The van der Waals surface area contributed by atoms with Gasteiger partial charge in [0.25, 0.3) is 0 Å². The van der Waals surface area contributed by atoms with Crippen molar-refractivity contribution in [1.82, 2.24) is 10.2 Å². The van der Waals surface area contributed by atoms with E-state index >= 15 is 0 Å². The molecule has 0 saturated heterocycles. The van der Waals surface area contributed by atoms with Crippen LogP contribution in [0, 0.1) is 19.8 Å². The summed E-state index contributed by atoms with van der Waals surface area (Å²) >= 11 is 0. The fourth-order valence-corrected chi connectivity index (χ4v) is 3.55. The molecule has 1 heterocycles. The van der Waals surface area contributed by atoms with E-state index in [1.807, 2.05) is 45.9 Å². The molecule has 0 saturated carbocycles. The molecule has 0 amide bonds. The molecule has 23 heavy (non-hydrogen) atoms. The van der Waals surface area contributed by atoms with Crippen molar-refractivity contribution in [2.75, 3.05) is 0 Å². The third-order valence-corrected chi connectivity index (χ3v) is 4.97. The molecule has 1 aromatic carbocycles. The van der Waals surface area contributed by atoms with Crippen LogP contribution in [0.25, 0.3) is 0 Å². The van der Waals surface area contributed by atoms with E-state index in [0.717, 1.165) is 16.7 Å². The van der Waals surface area contributed by atoms with Crippen molar-refractivity contribution >= 4 is 9.84 Å². The zero-order valence-corrected chi connectivity index (χ0v) is 14.7. The van der Waals surface area contributed by atoms with Crippen LogP contribution in [-0.4, -0.2) is 18.6 Å². The normalized spacial score (nSPS) is 13.5. The van der Waals surface area contributed by atoms with Crippen LogP contribution in [0.3, 0.4) is 0 Å². The predicted molar refractivity (Wildman–Crippen MR) is 87.5 cm³/mol. The second-order valence-electron chi connectivity index (χ2n) is 6.33. The van der Waals surface area contributed by atoms with Crippen molar-refractivity contribution in [3.8, 4) is 0 Å². The number of aryl methyl sites for hydroxylation is 2. The fourth-order valence-electron chi connectivity index (χ4n) is 2.33. The topological polar surface area (TPSA) is 99.1 Å². The van der Waals surface area contributed by atoms with Crippen molar-refractivity contribution in [3.05, 3.63) is 40.8 Å². The SMILES string of the molecule is Cc1ccc(C)c(CS(=O)(=O)c2nnc([C@@H](N)CC(C)C)o2)c1. The Morgan fingerprint density at radius 2 is 1.91 bits per heavy atom. The van der Waals surface area contributed by atoms with Crippen LogP contribution in [0.5, 0.6) is 0 Å². The van der Waals surface area contributed by atoms with Crippen LogP contribution in [-0.2, 0) is 15.6 Å². The number of nitrogens with zero attached hydrogens (tertiary/aromatic N) is 2. The molecule has 0 fully saturated rings. The highest BCUT2D eigenvalue weighted by molar-refractivity contribution is 7.90. The van der Waals surface area contributed by atoms with Crippen molar-refractivity contribution in [1.29, 1.82) is 0 Å². The lowest BCUT2D eigenvalue weighted by Gasteiger charge is -2.09. The van der Waals surface area contributed by atoms with E-state index in [2.05, 4.69) is 10.2 Å². The van der Waals surface area contributed by atoms with Gasteiger partial charge in [0, 0.05) is 0 Å². The maximum absolute atomic E-state index is 12.5. The van der Waals surface area contributed by atoms with Crippen molar-refractivity contribution in [2.24, 2.45) is 11.7 Å². The Labute approximate surface area is 137 Å². The minimum absolute atomic E-state index is 0.165. The number of aromatic nitrogens is 2. The Morgan fingerprint density at radius 3 is 2.57 bits per heavy atom. The zero-order valence-electron chi connectivity index (χ0n) is 13.9. The standard InChI is InChI=1S/C16H23N3O3S/c1-10(2)7-14(17)15-18-19-16(22-15)23(20,21)9-13-8-11(3)5-6-12(13)4/h5-6,8,10,14H,7,9,17H2,1-4H3/t14-/m0/s1. The van der Waals surface area contributed by atoms with E-state index in [1.54, 1.807) is 0 Å². The smallest absolute Gasteiger partial charge is 0.335 e. The maximum Gasteiger partial charge on any atom is 0.335 e. The van der Waals surface area contributed by atoms with Gasteiger partial charge in [-0.25, -0.2) is 8.42 Å². The van der Waals surface area contributed by atoms with E-state index < -0.39 is 15.9 Å². The summed E-state index contributed by atoms with van der Waals surface area (Å²) in [6.45, 7) is 7.84. The van der Waals surface area contributed by atoms with Gasteiger partial charge in [-0.05, 0) is 37.3 Å². The molecule has 126 valence electrons. The first-order chi connectivity index (χ1) is 10.7. The highest BCUT2D eigenvalue weighted by Gasteiger charge is 2.25. The number of sulfone groups is 1. The van der Waals surface area contributed by atoms with Crippen LogP contribution in [0.1, 0.15) is 48.9 Å². The molecular weight excluding hydrogens is 314 g/mol. The summed E-state index contributed by atoms with van der Waals surface area (Å²) in [7, 11) is -3.69. The zero-order chi connectivity index (χ0) is 17.2. The summed E-state index contributed by atoms with van der Waals surface area (Å²) in [5.41, 5.74) is 8.61. The Balaban J connectivity index is 2.23. The number of rotatable bonds is 6. The second kappa shape index (κ2) is 6.80. The lowest BCUT2D eigenvalue weighted by Crippen LogP contribution is -2.13. The van der Waals surface area contributed by atoms with E-state index in [4.69, 9.17) is 10.2 Å². The molecule has 0 bridgehead atoms. The summed E-state index contributed by atoms with van der Waals surface area (Å²) < 4.78 is 30.3. The molecule has 0 aliphatic heterocycles. The molecule has 0 aliphatic carbocycles. The molecular formula is C16H23N3O3S. The van der Waals surface area contributed by atoms with Crippen LogP contribution in [0.15, 0.2) is 27.8 Å². The van der Waals surface area contributed by atoms with Gasteiger partial charge in [-0.2, -0.15) is 0 Å². The Hall–Kier alpha value is -1.73. The third-order valence-electron chi connectivity index (χ3n) is 3.58. The van der Waals surface area contributed by atoms with Crippen LogP contribution in [0.4, 0.5) is 0 Å². The number of nitrogens with two attached hydrogens (primary N) is 1. The van der Waals surface area contributed by atoms with Crippen molar-refractivity contribution < 1.29 is 12.8 Å². The average molecular weight is 337 g/mol. The largest absolute Gasteiger partial charge is 0.411 e. The van der Waals surface area contributed by atoms with Gasteiger partial charge in [-0.3, -0.25) is 0 Å². The maximum atomic E-state index is 12.5. The van der Waals surface area contributed by atoms with E-state index in [1.165, 1.54) is 0 Å². The van der Waals surface area contributed by atoms with Gasteiger partial charge in [0.15, 0.2) is 0 Å². The molecule has 0 aliphatic rings. The Bertz CT molecular complexity index is 782. The first-order valence-electron chi connectivity index (χ1n) is 7.57. The molecule has 2 aromatic rings. The van der Waals surface area contributed by atoms with Gasteiger partial charge in [0.05, 0.1) is 11.8 Å². The number of benzene rings is 1. The van der Waals surface area contributed by atoms with Crippen molar-refractivity contribution in [2.45, 2.75) is 51.1 Å². The highest BCUT2D eigenvalue weighted by atomic mass is 32.2. The van der Waals surface area contributed by atoms with Crippen LogP contribution < -0.4 is 5.73 Å². The molecule has 7 heteroatoms. The van der Waals surface area contributed by atoms with Gasteiger partial charge in [-0.1, -0.05) is 42.7 Å². The summed E-state index contributed by atoms with van der Waals surface area (Å²) in [6, 6.07) is 5.25. The van der Waals surface area contributed by atoms with Crippen molar-refractivity contribution in [3.63, 3.8) is 0 Å². The Morgan fingerprint density at radius 1 is 1.22 bits per heavy atom. The molecule has 2 N–H and O–H groups in total. The summed E-state index contributed by atoms with van der Waals surface area (Å²) in [5.74, 6) is 0.354. The van der Waals surface area contributed by atoms with Crippen LogP contribution >= 0.6 is 0 Å². The first kappa shape index (κ1) is 17.6. The molecule has 0 unspecified atom stereocenters. The van der Waals surface area contributed by atoms with E-state index in [0.29, 0.717) is 12.3 Å². The quantitative estimate of drug-likeness (QED) is 0.870. The molecule has 1 aromatic heterocycles. The van der Waals surface area contributed by atoms with Crippen LogP contribution in [0.2, 0.25) is 0 Å². The Kier molecular flexibility index (Phi) is 5.21. The molecule has 1 atom stereocenters. The van der Waals surface area contributed by atoms with Gasteiger partial charge < -0.3 is 10.2 Å². The molecule has 2 rings (SSSR count).